The minimum Gasteiger partial charge on any atom is -0.484 e. The highest BCUT2D eigenvalue weighted by atomic mass is 19.4. The summed E-state index contributed by atoms with van der Waals surface area (Å²) < 4.78 is 85.3. The zero-order valence-corrected chi connectivity index (χ0v) is 22.4. The number of aromatic nitrogens is 3. The molecule has 6 rings (SSSR count). The average molecular weight is 603 g/mol. The number of nitrogens with one attached hydrogen (secondary N) is 1. The summed E-state index contributed by atoms with van der Waals surface area (Å²) >= 11 is 0. The molecule has 0 saturated heterocycles. The second-order valence-corrected chi connectivity index (χ2v) is 10.1. The van der Waals surface area contributed by atoms with E-state index in [1.165, 1.54) is 42.5 Å². The van der Waals surface area contributed by atoms with Crippen LogP contribution in [0.4, 0.5) is 27.8 Å². The quantitative estimate of drug-likeness (QED) is 0.219. The van der Waals surface area contributed by atoms with Crippen LogP contribution in [0, 0.1) is 0 Å². The molecule has 2 aliphatic rings. The summed E-state index contributed by atoms with van der Waals surface area (Å²) in [6.45, 7) is 1.75. The first-order valence-corrected chi connectivity index (χ1v) is 13.2. The number of ether oxygens (including phenoxy) is 3. The van der Waals surface area contributed by atoms with Crippen molar-refractivity contribution in [1.29, 1.82) is 0 Å². The first-order valence-electron chi connectivity index (χ1n) is 13.2. The van der Waals surface area contributed by atoms with Gasteiger partial charge in [-0.3, -0.25) is 0 Å². The normalized spacial score (nSPS) is 17.7. The Kier molecular flexibility index (Phi) is 6.86. The highest BCUT2D eigenvalue weighted by Gasteiger charge is 2.44. The summed E-state index contributed by atoms with van der Waals surface area (Å²) in [6.07, 6.45) is -8.33. The fraction of sp³-hybridized carbons (Fsp3) is 0.276. The van der Waals surface area contributed by atoms with E-state index in [0.29, 0.717) is 30.0 Å². The van der Waals surface area contributed by atoms with E-state index in [9.17, 15) is 26.7 Å². The zero-order chi connectivity index (χ0) is 30.5. The van der Waals surface area contributed by atoms with Crippen LogP contribution < -0.4 is 19.5 Å². The molecule has 0 spiro atoms. The molecule has 0 unspecified atom stereocenters. The summed E-state index contributed by atoms with van der Waals surface area (Å²) in [5.41, 5.74) is -0.192. The fourth-order valence-electron chi connectivity index (χ4n) is 5.16. The van der Waals surface area contributed by atoms with Crippen molar-refractivity contribution in [3.05, 3.63) is 88.7 Å². The van der Waals surface area contributed by atoms with Crippen molar-refractivity contribution < 1.29 is 46.1 Å². The number of hydrogen-bond donors (Lipinski definition) is 2. The molecule has 2 N–H and O–H groups in total. The standard InChI is InChI=1S/C29H23F5N4O5/c1-15(17-10-13-20-22(14-17)43-29(33,34)42-20)35-23-6-3-7-24(36-23)38-25-19(26(37-38)28(30,31)32)4-2-5-21(25)41-18-11-8-16(9-12-18)27(39)40/h3,6-15,21H,2,4-5H2,1H3,(H,35,36)(H,39,40)/t15-,21-/m0/s1. The lowest BCUT2D eigenvalue weighted by atomic mass is 9.93. The molecule has 9 nitrogen and oxygen atoms in total. The molecule has 0 saturated carbocycles. The second kappa shape index (κ2) is 10.4. The molecular weight excluding hydrogens is 579 g/mol. The molecule has 0 fully saturated rings. The van der Waals surface area contributed by atoms with Gasteiger partial charge >= 0.3 is 18.4 Å². The number of alkyl halides is 5. The Balaban J connectivity index is 1.31. The molecule has 0 radical (unpaired) electrons. The molecule has 1 aliphatic heterocycles. The van der Waals surface area contributed by atoms with Gasteiger partial charge in [-0.1, -0.05) is 12.1 Å². The van der Waals surface area contributed by atoms with Gasteiger partial charge in [-0.25, -0.2) is 14.5 Å². The highest BCUT2D eigenvalue weighted by molar-refractivity contribution is 5.87. The zero-order valence-electron chi connectivity index (χ0n) is 22.4. The number of carboxylic acids is 1. The molecule has 0 bridgehead atoms. The largest absolute Gasteiger partial charge is 0.586 e. The summed E-state index contributed by atoms with van der Waals surface area (Å²) in [7, 11) is 0. The predicted octanol–water partition coefficient (Wildman–Crippen LogP) is 6.94. The molecule has 1 aliphatic carbocycles. The number of nitrogens with zero attached hydrogens (tertiary/aromatic N) is 3. The van der Waals surface area contributed by atoms with Gasteiger partial charge in [-0.15, -0.1) is 8.78 Å². The molecule has 2 aromatic carbocycles. The van der Waals surface area contributed by atoms with Crippen LogP contribution in [-0.2, 0) is 12.6 Å². The van der Waals surface area contributed by atoms with Gasteiger partial charge in [0.05, 0.1) is 17.3 Å². The lowest BCUT2D eigenvalue weighted by molar-refractivity contribution is -0.286. The number of carboxylic acid groups (broad SMARTS) is 1. The molecule has 2 aromatic heterocycles. The average Bonchev–Trinajstić information content (AvgIpc) is 3.50. The SMILES string of the molecule is C[C@H](Nc1cccc(-n2nc(C(F)(F)F)c3c2[C@@H](Oc2ccc(C(=O)O)cc2)CCC3)n1)c1ccc2c(c1)OC(F)(F)O2. The van der Waals surface area contributed by atoms with Gasteiger partial charge in [-0.2, -0.15) is 18.3 Å². The third-order valence-corrected chi connectivity index (χ3v) is 7.11. The van der Waals surface area contributed by atoms with E-state index >= 15 is 0 Å². The minimum absolute atomic E-state index is 0.0107. The lowest BCUT2D eigenvalue weighted by Crippen LogP contribution is -2.25. The van der Waals surface area contributed by atoms with Crippen LogP contribution in [0.25, 0.3) is 5.82 Å². The smallest absolute Gasteiger partial charge is 0.484 e. The molecule has 43 heavy (non-hydrogen) atoms. The highest BCUT2D eigenvalue weighted by Crippen LogP contribution is 2.43. The fourth-order valence-corrected chi connectivity index (χ4v) is 5.16. The van der Waals surface area contributed by atoms with Crippen LogP contribution in [0.15, 0.2) is 60.7 Å². The maximum atomic E-state index is 14.1. The molecule has 0 amide bonds. The van der Waals surface area contributed by atoms with Crippen molar-refractivity contribution in [1.82, 2.24) is 14.8 Å². The van der Waals surface area contributed by atoms with E-state index < -0.39 is 36.3 Å². The number of hydrogen-bond acceptors (Lipinski definition) is 7. The van der Waals surface area contributed by atoms with Crippen LogP contribution in [-0.4, -0.2) is 32.1 Å². The number of carbonyl (C=O) groups is 1. The lowest BCUT2D eigenvalue weighted by Gasteiger charge is -2.25. The third-order valence-electron chi connectivity index (χ3n) is 7.11. The third kappa shape index (κ3) is 5.64. The Hall–Kier alpha value is -4.88. The number of aromatic carboxylic acids is 1. The van der Waals surface area contributed by atoms with E-state index in [1.807, 2.05) is 0 Å². The predicted molar refractivity (Wildman–Crippen MR) is 141 cm³/mol. The monoisotopic (exact) mass is 602 g/mol. The number of fused-ring (bicyclic) bond motifs is 2. The van der Waals surface area contributed by atoms with Crippen molar-refractivity contribution in [2.24, 2.45) is 0 Å². The Morgan fingerprint density at radius 3 is 2.58 bits per heavy atom. The summed E-state index contributed by atoms with van der Waals surface area (Å²) in [5.74, 6) is -0.644. The van der Waals surface area contributed by atoms with Crippen molar-refractivity contribution >= 4 is 11.8 Å². The van der Waals surface area contributed by atoms with Gasteiger partial charge < -0.3 is 24.6 Å². The first-order chi connectivity index (χ1) is 20.4. The van der Waals surface area contributed by atoms with Crippen LogP contribution in [0.3, 0.4) is 0 Å². The van der Waals surface area contributed by atoms with E-state index in [1.54, 1.807) is 25.1 Å². The molecule has 4 aromatic rings. The number of rotatable bonds is 7. The van der Waals surface area contributed by atoms with E-state index in [2.05, 4.69) is 24.9 Å². The number of anilines is 1. The van der Waals surface area contributed by atoms with Crippen LogP contribution >= 0.6 is 0 Å². The Labute approximate surface area is 240 Å². The van der Waals surface area contributed by atoms with Gasteiger partial charge in [0.25, 0.3) is 0 Å². The van der Waals surface area contributed by atoms with E-state index in [-0.39, 0.29) is 40.6 Å². The van der Waals surface area contributed by atoms with Gasteiger partial charge in [-0.05, 0) is 80.3 Å². The maximum absolute atomic E-state index is 14.1. The molecule has 224 valence electrons. The van der Waals surface area contributed by atoms with Crippen molar-refractivity contribution in [3.8, 4) is 23.1 Å². The van der Waals surface area contributed by atoms with Gasteiger partial charge in [0.2, 0.25) is 0 Å². The van der Waals surface area contributed by atoms with Crippen LogP contribution in [0.2, 0.25) is 0 Å². The van der Waals surface area contributed by atoms with Gasteiger partial charge in [0.15, 0.2) is 23.0 Å². The molecular formula is C29H23F5N4O5. The summed E-state index contributed by atoms with van der Waals surface area (Å²) in [6, 6.07) is 14.2. The summed E-state index contributed by atoms with van der Waals surface area (Å²) in [5, 5.41) is 16.2. The Morgan fingerprint density at radius 2 is 1.86 bits per heavy atom. The van der Waals surface area contributed by atoms with E-state index in [4.69, 9.17) is 9.84 Å². The van der Waals surface area contributed by atoms with Crippen LogP contribution in [0.5, 0.6) is 17.2 Å². The minimum atomic E-state index is -4.72. The number of halogens is 5. The van der Waals surface area contributed by atoms with E-state index in [0.717, 1.165) is 4.68 Å². The van der Waals surface area contributed by atoms with Crippen LogP contribution in [0.1, 0.15) is 64.8 Å². The van der Waals surface area contributed by atoms with Crippen molar-refractivity contribution in [3.63, 3.8) is 0 Å². The Bertz CT molecular complexity index is 1690. The Morgan fingerprint density at radius 1 is 1.12 bits per heavy atom. The van der Waals surface area contributed by atoms with Gasteiger partial charge in [0.1, 0.15) is 17.7 Å². The van der Waals surface area contributed by atoms with Gasteiger partial charge in [0, 0.05) is 5.56 Å². The first kappa shape index (κ1) is 28.2. The maximum Gasteiger partial charge on any atom is 0.586 e. The van der Waals surface area contributed by atoms with Crippen molar-refractivity contribution in [2.45, 2.75) is 50.8 Å². The summed E-state index contributed by atoms with van der Waals surface area (Å²) in [4.78, 5) is 15.7. The number of pyridine rings is 1. The molecule has 3 heterocycles. The molecule has 14 heteroatoms. The molecule has 2 atom stereocenters. The van der Waals surface area contributed by atoms with Crippen molar-refractivity contribution in [2.75, 3.05) is 5.32 Å². The topological polar surface area (TPSA) is 108 Å². The second-order valence-electron chi connectivity index (χ2n) is 10.1. The number of benzene rings is 2.